The minimum absolute atomic E-state index is 0.0791. The third-order valence-corrected chi connectivity index (χ3v) is 6.32. The summed E-state index contributed by atoms with van der Waals surface area (Å²) in [5, 5.41) is 4.53. The summed E-state index contributed by atoms with van der Waals surface area (Å²) < 4.78 is 18.5. The van der Waals surface area contributed by atoms with E-state index < -0.39 is 5.60 Å². The van der Waals surface area contributed by atoms with E-state index in [4.69, 9.17) is 19.2 Å². The number of rotatable bonds is 5. The van der Waals surface area contributed by atoms with Crippen molar-refractivity contribution in [2.75, 3.05) is 26.6 Å². The highest BCUT2D eigenvalue weighted by Gasteiger charge is 2.31. The van der Waals surface area contributed by atoms with Crippen LogP contribution in [0.4, 0.5) is 16.2 Å². The molecule has 0 fully saturated rings. The van der Waals surface area contributed by atoms with Crippen LogP contribution in [0.25, 0.3) is 11.0 Å². The smallest absolute Gasteiger partial charge is 0.410 e. The molecular weight excluding hydrogens is 432 g/mol. The number of likely N-dealkylation sites (N-methyl/N-ethyl adjacent to an activating group) is 1. The van der Waals surface area contributed by atoms with Crippen LogP contribution in [0.15, 0.2) is 30.5 Å². The normalized spacial score (nSPS) is 15.6. The van der Waals surface area contributed by atoms with Crippen LogP contribution >= 0.6 is 0 Å². The summed E-state index contributed by atoms with van der Waals surface area (Å²) in [5.74, 6) is 1.34. The molecule has 0 bridgehead atoms. The number of methoxy groups -OCH3 is 2. The Labute approximate surface area is 200 Å². The molecular formula is C26H34N4O4. The summed E-state index contributed by atoms with van der Waals surface area (Å²) in [6, 6.07) is 7.92. The van der Waals surface area contributed by atoms with E-state index in [1.165, 1.54) is 11.3 Å². The van der Waals surface area contributed by atoms with Gasteiger partial charge in [-0.15, -0.1) is 0 Å². The molecule has 1 aromatic carbocycles. The lowest BCUT2D eigenvalue weighted by Crippen LogP contribution is -2.43. The lowest BCUT2D eigenvalue weighted by Gasteiger charge is -2.33. The Morgan fingerprint density at radius 3 is 2.56 bits per heavy atom. The summed E-state index contributed by atoms with van der Waals surface area (Å²) in [6.07, 6.45) is 4.11. The van der Waals surface area contributed by atoms with E-state index in [1.807, 2.05) is 52.2 Å². The van der Waals surface area contributed by atoms with Gasteiger partial charge in [0, 0.05) is 43.0 Å². The lowest BCUT2D eigenvalue weighted by atomic mass is 9.91. The number of ether oxygens (including phenoxy) is 3. The molecule has 0 aliphatic heterocycles. The fourth-order valence-corrected chi connectivity index (χ4v) is 4.58. The number of hydrogen-bond acceptors (Lipinski definition) is 6. The molecule has 0 saturated heterocycles. The zero-order valence-electron chi connectivity index (χ0n) is 21.1. The van der Waals surface area contributed by atoms with Crippen molar-refractivity contribution in [1.29, 1.82) is 0 Å². The van der Waals surface area contributed by atoms with Crippen molar-refractivity contribution >= 4 is 28.5 Å². The van der Waals surface area contributed by atoms with E-state index in [-0.39, 0.29) is 12.1 Å². The van der Waals surface area contributed by atoms with Gasteiger partial charge in [0.05, 0.1) is 26.1 Å². The SMILES string of the molecule is COc1ccc(Nc2cnc3c(c2)c2c(n3C)CCC(N(C)C(=O)OC(C)(C)C)C2)cc1OC. The zero-order valence-corrected chi connectivity index (χ0v) is 21.1. The van der Waals surface area contributed by atoms with Gasteiger partial charge in [-0.05, 0) is 63.8 Å². The number of aryl methyl sites for hydroxylation is 1. The molecule has 8 nitrogen and oxygen atoms in total. The lowest BCUT2D eigenvalue weighted by molar-refractivity contribution is 0.0210. The Morgan fingerprint density at radius 1 is 1.15 bits per heavy atom. The standard InChI is InChI=1S/C26H34N4O4/c1-26(2,3)34-25(31)29(4)18-9-10-21-19(14-18)20-12-17(15-27-24(20)30(21)5)28-16-8-11-22(32-6)23(13-16)33-7/h8,11-13,15,18,28H,9-10,14H2,1-7H3. The van der Waals surface area contributed by atoms with Crippen LogP contribution < -0.4 is 14.8 Å². The first kappa shape index (κ1) is 23.7. The van der Waals surface area contributed by atoms with Crippen molar-refractivity contribution in [3.05, 3.63) is 41.7 Å². The molecule has 1 atom stereocenters. The van der Waals surface area contributed by atoms with Gasteiger partial charge in [0.2, 0.25) is 0 Å². The quantitative estimate of drug-likeness (QED) is 0.566. The van der Waals surface area contributed by atoms with E-state index in [0.29, 0.717) is 11.5 Å². The second-order valence-corrected chi connectivity index (χ2v) is 9.76. The maximum atomic E-state index is 12.7. The van der Waals surface area contributed by atoms with Crippen LogP contribution in [0.2, 0.25) is 0 Å². The molecule has 1 N–H and O–H groups in total. The molecule has 0 spiro atoms. The van der Waals surface area contributed by atoms with Crippen LogP contribution in [0, 0.1) is 0 Å². The molecule has 4 rings (SSSR count). The average Bonchev–Trinajstić information content (AvgIpc) is 3.08. The summed E-state index contributed by atoms with van der Waals surface area (Å²) in [4.78, 5) is 19.1. The minimum Gasteiger partial charge on any atom is -0.493 e. The number of amides is 1. The number of aromatic nitrogens is 2. The summed E-state index contributed by atoms with van der Waals surface area (Å²) in [5.41, 5.74) is 4.72. The molecule has 1 aliphatic carbocycles. The van der Waals surface area contributed by atoms with Crippen LogP contribution in [0.5, 0.6) is 11.5 Å². The molecule has 3 aromatic rings. The molecule has 1 amide bonds. The predicted molar refractivity (Wildman–Crippen MR) is 133 cm³/mol. The monoisotopic (exact) mass is 466 g/mol. The second-order valence-electron chi connectivity index (χ2n) is 9.76. The van der Waals surface area contributed by atoms with Gasteiger partial charge >= 0.3 is 6.09 Å². The number of benzene rings is 1. The molecule has 2 aromatic heterocycles. The minimum atomic E-state index is -0.515. The molecule has 2 heterocycles. The van der Waals surface area contributed by atoms with Crippen LogP contribution in [0.1, 0.15) is 38.4 Å². The van der Waals surface area contributed by atoms with Gasteiger partial charge in [-0.25, -0.2) is 9.78 Å². The average molecular weight is 467 g/mol. The zero-order chi connectivity index (χ0) is 24.6. The van der Waals surface area contributed by atoms with Gasteiger partial charge < -0.3 is 29.0 Å². The van der Waals surface area contributed by atoms with E-state index in [2.05, 4.69) is 23.0 Å². The van der Waals surface area contributed by atoms with Gasteiger partial charge in [-0.1, -0.05) is 0 Å². The molecule has 34 heavy (non-hydrogen) atoms. The Morgan fingerprint density at radius 2 is 1.88 bits per heavy atom. The van der Waals surface area contributed by atoms with E-state index in [9.17, 15) is 4.79 Å². The molecule has 1 unspecified atom stereocenters. The van der Waals surface area contributed by atoms with Crippen molar-refractivity contribution in [1.82, 2.24) is 14.5 Å². The van der Waals surface area contributed by atoms with Gasteiger partial charge in [0.15, 0.2) is 11.5 Å². The number of nitrogens with zero attached hydrogens (tertiary/aromatic N) is 3. The van der Waals surface area contributed by atoms with Crippen molar-refractivity contribution in [3.8, 4) is 11.5 Å². The van der Waals surface area contributed by atoms with Crippen molar-refractivity contribution in [2.24, 2.45) is 7.05 Å². The van der Waals surface area contributed by atoms with Crippen LogP contribution in [0.3, 0.4) is 0 Å². The number of pyridine rings is 1. The number of hydrogen-bond donors (Lipinski definition) is 1. The Bertz CT molecular complexity index is 1210. The van der Waals surface area contributed by atoms with Crippen LogP contribution in [-0.2, 0) is 24.6 Å². The highest BCUT2D eigenvalue weighted by Crippen LogP contribution is 2.35. The largest absolute Gasteiger partial charge is 0.493 e. The number of nitrogens with one attached hydrogen (secondary N) is 1. The first-order valence-corrected chi connectivity index (χ1v) is 11.5. The fourth-order valence-electron chi connectivity index (χ4n) is 4.58. The highest BCUT2D eigenvalue weighted by molar-refractivity contribution is 5.86. The van der Waals surface area contributed by atoms with E-state index in [1.54, 1.807) is 19.1 Å². The van der Waals surface area contributed by atoms with Crippen molar-refractivity contribution < 1.29 is 19.0 Å². The predicted octanol–water partition coefficient (Wildman–Crippen LogP) is 5.06. The Balaban J connectivity index is 1.61. The molecule has 1 aliphatic rings. The fraction of sp³-hybridized carbons (Fsp3) is 0.462. The number of carbonyl (C=O) groups is 1. The van der Waals surface area contributed by atoms with Crippen molar-refractivity contribution in [3.63, 3.8) is 0 Å². The van der Waals surface area contributed by atoms with E-state index >= 15 is 0 Å². The molecule has 0 radical (unpaired) electrons. The summed E-state index contributed by atoms with van der Waals surface area (Å²) >= 11 is 0. The first-order valence-electron chi connectivity index (χ1n) is 11.5. The van der Waals surface area contributed by atoms with E-state index in [0.717, 1.165) is 41.7 Å². The number of carbonyl (C=O) groups excluding carboxylic acids is 1. The third kappa shape index (κ3) is 4.62. The maximum Gasteiger partial charge on any atom is 0.410 e. The topological polar surface area (TPSA) is 77.9 Å². The Kier molecular flexibility index (Phi) is 6.34. The number of anilines is 2. The van der Waals surface area contributed by atoms with Gasteiger partial charge in [0.1, 0.15) is 11.2 Å². The van der Waals surface area contributed by atoms with Gasteiger partial charge in [-0.3, -0.25) is 0 Å². The summed E-state index contributed by atoms with van der Waals surface area (Å²) in [7, 11) is 7.13. The number of fused-ring (bicyclic) bond motifs is 3. The highest BCUT2D eigenvalue weighted by atomic mass is 16.6. The Hall–Kier alpha value is -3.42. The van der Waals surface area contributed by atoms with Crippen LogP contribution in [-0.4, -0.2) is 53.5 Å². The first-order chi connectivity index (χ1) is 16.1. The third-order valence-electron chi connectivity index (χ3n) is 6.32. The summed E-state index contributed by atoms with van der Waals surface area (Å²) in [6.45, 7) is 5.67. The second kappa shape index (κ2) is 9.08. The van der Waals surface area contributed by atoms with Gasteiger partial charge in [-0.2, -0.15) is 0 Å². The molecule has 8 heteroatoms. The maximum absolute atomic E-state index is 12.7. The molecule has 0 saturated carbocycles. The molecule has 182 valence electrons. The van der Waals surface area contributed by atoms with Crippen molar-refractivity contribution in [2.45, 2.75) is 51.7 Å². The van der Waals surface area contributed by atoms with Gasteiger partial charge in [0.25, 0.3) is 0 Å².